The molecule has 222 valence electrons. The fourth-order valence-corrected chi connectivity index (χ4v) is 4.13. The third-order valence-electron chi connectivity index (χ3n) is 6.27. The Kier molecular flexibility index (Phi) is 25.4. The van der Waals surface area contributed by atoms with E-state index < -0.39 is 0 Å². The van der Waals surface area contributed by atoms with Crippen molar-refractivity contribution in [3.05, 3.63) is 84.6 Å². The minimum absolute atomic E-state index is 0.979. The van der Waals surface area contributed by atoms with Crippen molar-refractivity contribution in [2.24, 2.45) is 0 Å². The summed E-state index contributed by atoms with van der Waals surface area (Å²) in [6, 6.07) is 15.8. The van der Waals surface area contributed by atoms with Crippen molar-refractivity contribution in [3.63, 3.8) is 0 Å². The van der Waals surface area contributed by atoms with Gasteiger partial charge in [-0.1, -0.05) is 95.7 Å². The molecule has 0 aliphatic carbocycles. The highest BCUT2D eigenvalue weighted by Crippen LogP contribution is 2.28. The van der Waals surface area contributed by atoms with E-state index in [0.29, 0.717) is 0 Å². The Morgan fingerprint density at radius 2 is 1.48 bits per heavy atom. The second-order valence-corrected chi connectivity index (χ2v) is 10.00. The quantitative estimate of drug-likeness (QED) is 0.158. The van der Waals surface area contributed by atoms with Crippen molar-refractivity contribution in [2.75, 3.05) is 25.5 Å². The molecule has 0 fully saturated rings. The fourth-order valence-electron chi connectivity index (χ4n) is 4.13. The van der Waals surface area contributed by atoms with Crippen LogP contribution in [0.15, 0.2) is 73.5 Å². The molecule has 0 spiro atoms. The summed E-state index contributed by atoms with van der Waals surface area (Å²) in [5.41, 5.74) is 7.92. The molecule has 1 aliphatic rings. The van der Waals surface area contributed by atoms with E-state index >= 15 is 0 Å². The van der Waals surface area contributed by atoms with Gasteiger partial charge in [0.25, 0.3) is 0 Å². The molecule has 2 heteroatoms. The molecule has 0 aromatic heterocycles. The maximum Gasteiger partial charge on any atom is 0.0426 e. The molecule has 2 nitrogen and oxygen atoms in total. The Balaban J connectivity index is 0. The Bertz CT molecular complexity index is 947. The van der Waals surface area contributed by atoms with E-state index in [1.54, 1.807) is 6.08 Å². The molecule has 0 amide bonds. The first-order valence-electron chi connectivity index (χ1n) is 15.2. The second kappa shape index (κ2) is 26.1. The van der Waals surface area contributed by atoms with Crippen molar-refractivity contribution in [1.29, 1.82) is 0 Å². The van der Waals surface area contributed by atoms with Crippen molar-refractivity contribution < 1.29 is 0 Å². The summed E-state index contributed by atoms with van der Waals surface area (Å²) in [6.07, 6.45) is 24.5. The number of rotatable bonds is 11. The van der Waals surface area contributed by atoms with Gasteiger partial charge in [-0.25, -0.2) is 0 Å². The van der Waals surface area contributed by atoms with E-state index in [9.17, 15) is 0 Å². The van der Waals surface area contributed by atoms with Crippen LogP contribution in [0, 0.1) is 12.8 Å². The molecule has 2 aromatic rings. The van der Waals surface area contributed by atoms with Crippen molar-refractivity contribution in [2.45, 2.75) is 99.5 Å². The van der Waals surface area contributed by atoms with Crippen LogP contribution >= 0.6 is 0 Å². The monoisotopic (exact) mass is 544 g/mol. The summed E-state index contributed by atoms with van der Waals surface area (Å²) in [5, 5.41) is 0. The Morgan fingerprint density at radius 1 is 0.925 bits per heavy atom. The maximum absolute atomic E-state index is 4.00. The van der Waals surface area contributed by atoms with Crippen molar-refractivity contribution in [1.82, 2.24) is 4.90 Å². The Hall–Kier alpha value is -3.18. The molecule has 2 aromatic carbocycles. The van der Waals surface area contributed by atoms with Gasteiger partial charge in [0.2, 0.25) is 0 Å². The summed E-state index contributed by atoms with van der Waals surface area (Å²) in [5.74, 6) is 0. The predicted octanol–water partition coefficient (Wildman–Crippen LogP) is 11.4. The normalized spacial score (nSPS) is 10.5. The van der Waals surface area contributed by atoms with E-state index in [-0.39, 0.29) is 0 Å². The lowest BCUT2D eigenvalue weighted by atomic mass is 9.97. The molecular weight excluding hydrogens is 484 g/mol. The SMILES string of the molecule is C#C.C=C(C)CCCCCCN(C)c1ccc(-c2ccc3c(c2)CN(C)C=C3)cc1.C=CC.CC.CCCCC. The van der Waals surface area contributed by atoms with E-state index in [0.717, 1.165) is 13.1 Å². The van der Waals surface area contributed by atoms with Crippen LogP contribution in [-0.2, 0) is 6.54 Å². The van der Waals surface area contributed by atoms with Gasteiger partial charge >= 0.3 is 0 Å². The van der Waals surface area contributed by atoms with E-state index in [2.05, 4.69) is 125 Å². The van der Waals surface area contributed by atoms with Gasteiger partial charge in [-0.15, -0.1) is 26.0 Å². The highest BCUT2D eigenvalue weighted by atomic mass is 15.1. The maximum atomic E-state index is 4.00. The number of fused-ring (bicyclic) bond motifs is 1. The van der Waals surface area contributed by atoms with Crippen LogP contribution in [-0.4, -0.2) is 25.5 Å². The van der Waals surface area contributed by atoms with Crippen LogP contribution in [0.3, 0.4) is 0 Å². The first-order valence-corrected chi connectivity index (χ1v) is 15.2. The zero-order valence-electron chi connectivity index (χ0n) is 27.3. The van der Waals surface area contributed by atoms with Gasteiger partial charge in [-0.2, -0.15) is 0 Å². The molecule has 0 bridgehead atoms. The molecule has 0 atom stereocenters. The highest BCUT2D eigenvalue weighted by molar-refractivity contribution is 5.70. The number of hydrogen-bond acceptors (Lipinski definition) is 2. The average molecular weight is 545 g/mol. The topological polar surface area (TPSA) is 6.48 Å². The van der Waals surface area contributed by atoms with Crippen molar-refractivity contribution >= 4 is 11.8 Å². The molecular formula is C38H60N2. The van der Waals surface area contributed by atoms with Crippen LogP contribution in [0.5, 0.6) is 0 Å². The number of hydrogen-bond donors (Lipinski definition) is 0. The third-order valence-corrected chi connectivity index (χ3v) is 6.27. The zero-order valence-corrected chi connectivity index (χ0v) is 27.3. The highest BCUT2D eigenvalue weighted by Gasteiger charge is 2.09. The van der Waals surface area contributed by atoms with Crippen LogP contribution < -0.4 is 4.90 Å². The summed E-state index contributed by atoms with van der Waals surface area (Å²) in [7, 11) is 4.32. The van der Waals surface area contributed by atoms with Gasteiger partial charge in [0.1, 0.15) is 0 Å². The first-order chi connectivity index (χ1) is 19.4. The zero-order chi connectivity index (χ0) is 30.8. The van der Waals surface area contributed by atoms with Gasteiger partial charge in [-0.05, 0) is 85.8 Å². The van der Waals surface area contributed by atoms with Crippen LogP contribution in [0.2, 0.25) is 0 Å². The minimum Gasteiger partial charge on any atom is -0.376 e. The molecule has 0 saturated carbocycles. The lowest BCUT2D eigenvalue weighted by Crippen LogP contribution is -2.18. The minimum atomic E-state index is 0.979. The molecule has 0 saturated heterocycles. The smallest absolute Gasteiger partial charge is 0.0426 e. The first kappa shape index (κ1) is 39.0. The summed E-state index contributed by atoms with van der Waals surface area (Å²) < 4.78 is 0. The second-order valence-electron chi connectivity index (χ2n) is 10.00. The fraction of sp³-hybridized carbons (Fsp3) is 0.474. The molecule has 1 aliphatic heterocycles. The van der Waals surface area contributed by atoms with Gasteiger partial charge in [-0.3, -0.25) is 0 Å². The third kappa shape index (κ3) is 17.4. The number of anilines is 1. The molecule has 40 heavy (non-hydrogen) atoms. The van der Waals surface area contributed by atoms with Crippen LogP contribution in [0.4, 0.5) is 5.69 Å². The average Bonchev–Trinajstić information content (AvgIpc) is 2.97. The van der Waals surface area contributed by atoms with Crippen LogP contribution in [0.1, 0.15) is 104 Å². The molecule has 0 radical (unpaired) electrons. The Morgan fingerprint density at radius 3 is 2.00 bits per heavy atom. The van der Waals surface area contributed by atoms with Gasteiger partial charge in [0.05, 0.1) is 0 Å². The number of benzene rings is 2. The standard InChI is InChI=1S/C26H34N2.C5H12.C3H6.C2H6.C2H2/c1-21(2)9-7-5-6-8-17-28(4)26-14-12-22(13-15-26)24-11-10-23-16-18-27(3)20-25(23)19-24;1-3-5-4-2;1-3-2;2*1-2/h10-16,18-19H,1,5-9,17,20H2,2-4H3;3-5H2,1-2H3;3H,1H2,2H3;1-2H3;1-2H. The van der Waals surface area contributed by atoms with E-state index in [1.165, 1.54) is 84.9 Å². The molecule has 3 rings (SSSR count). The molecule has 0 unspecified atom stereocenters. The van der Waals surface area contributed by atoms with Gasteiger partial charge in [0, 0.05) is 32.9 Å². The van der Waals surface area contributed by atoms with E-state index in [1.807, 2.05) is 20.8 Å². The number of allylic oxidation sites excluding steroid dienone is 2. The van der Waals surface area contributed by atoms with Gasteiger partial charge in [0.15, 0.2) is 0 Å². The molecule has 0 N–H and O–H groups in total. The van der Waals surface area contributed by atoms with Gasteiger partial charge < -0.3 is 9.80 Å². The number of terminal acetylenes is 1. The summed E-state index contributed by atoms with van der Waals surface area (Å²) in [6.45, 7) is 21.9. The largest absolute Gasteiger partial charge is 0.376 e. The number of nitrogens with zero attached hydrogens (tertiary/aromatic N) is 2. The molecule has 1 heterocycles. The van der Waals surface area contributed by atoms with Crippen LogP contribution in [0.25, 0.3) is 17.2 Å². The van der Waals surface area contributed by atoms with E-state index in [4.69, 9.17) is 0 Å². The Labute approximate surface area is 249 Å². The summed E-state index contributed by atoms with van der Waals surface area (Å²) >= 11 is 0. The summed E-state index contributed by atoms with van der Waals surface area (Å²) in [4.78, 5) is 4.60. The lowest BCUT2D eigenvalue weighted by Gasteiger charge is -2.22. The van der Waals surface area contributed by atoms with Crippen molar-refractivity contribution in [3.8, 4) is 24.0 Å². The lowest BCUT2D eigenvalue weighted by molar-refractivity contribution is 0.448. The number of unbranched alkanes of at least 4 members (excludes halogenated alkanes) is 5. The predicted molar refractivity (Wildman–Crippen MR) is 186 cm³/mol.